The van der Waals surface area contributed by atoms with Crippen LogP contribution in [0.2, 0.25) is 0 Å². The fourth-order valence-corrected chi connectivity index (χ4v) is 5.47. The maximum absolute atomic E-state index is 15.3. The van der Waals surface area contributed by atoms with Crippen LogP contribution in [0, 0.1) is 17.6 Å². The molecule has 1 aliphatic heterocycles. The standard InChI is InChI=1S/C32H30F2N8O4/c1-2-20-21(31(44)40-16-19-8-12-35-13-9-19)4-6-23(28(20)45-18-43)41-29-30-39-17-24(42(30)15-14-36-29)22-5-7-25(27(34)26(22)33)46-32-37-10-3-11-38-32/h3-7,10-11,14-15,17-19,35H,2,8-9,12-13,16H2,1H3,(H,36,41)(H,40,44). The average Bonchev–Trinajstić information content (AvgIpc) is 3.52. The van der Waals surface area contributed by atoms with Crippen LogP contribution in [0.5, 0.6) is 17.5 Å². The lowest BCUT2D eigenvalue weighted by molar-refractivity contribution is -0.120. The first-order valence-corrected chi connectivity index (χ1v) is 14.8. The number of carbonyl (C=O) groups is 2. The van der Waals surface area contributed by atoms with Crippen LogP contribution in [0.3, 0.4) is 0 Å². The van der Waals surface area contributed by atoms with Crippen molar-refractivity contribution in [1.82, 2.24) is 35.0 Å². The number of aromatic nitrogens is 5. The van der Waals surface area contributed by atoms with Crippen LogP contribution < -0.4 is 25.4 Å². The van der Waals surface area contributed by atoms with E-state index in [1.54, 1.807) is 24.4 Å². The van der Waals surface area contributed by atoms with E-state index in [4.69, 9.17) is 9.47 Å². The molecule has 46 heavy (non-hydrogen) atoms. The minimum absolute atomic E-state index is 0.0680. The number of hydrogen-bond donors (Lipinski definition) is 3. The van der Waals surface area contributed by atoms with Crippen LogP contribution in [-0.2, 0) is 11.2 Å². The van der Waals surface area contributed by atoms with Gasteiger partial charge in [-0.05, 0) is 68.6 Å². The first-order chi connectivity index (χ1) is 22.5. The molecule has 0 radical (unpaired) electrons. The second-order valence-electron chi connectivity index (χ2n) is 10.5. The fourth-order valence-electron chi connectivity index (χ4n) is 5.47. The van der Waals surface area contributed by atoms with Gasteiger partial charge in [0.1, 0.15) is 0 Å². The molecule has 14 heteroatoms. The number of hydrogen-bond acceptors (Lipinski definition) is 10. The van der Waals surface area contributed by atoms with Gasteiger partial charge >= 0.3 is 6.01 Å². The molecule has 236 valence electrons. The number of amides is 1. The summed E-state index contributed by atoms with van der Waals surface area (Å²) >= 11 is 0. The number of rotatable bonds is 11. The summed E-state index contributed by atoms with van der Waals surface area (Å²) in [4.78, 5) is 41.3. The molecule has 2 aromatic carbocycles. The second kappa shape index (κ2) is 13.6. The molecule has 0 unspecified atom stereocenters. The SMILES string of the molecule is CCc1c(C(=O)NCC2CCNCC2)ccc(Nc2nccn3c(-c4ccc(Oc5ncccn5)c(F)c4F)cnc23)c1OC=O. The molecule has 1 aliphatic rings. The summed E-state index contributed by atoms with van der Waals surface area (Å²) < 4.78 is 42.6. The number of anilines is 2. The Labute approximate surface area is 262 Å². The first-order valence-electron chi connectivity index (χ1n) is 14.8. The molecule has 0 atom stereocenters. The summed E-state index contributed by atoms with van der Waals surface area (Å²) in [5.41, 5.74) is 1.77. The van der Waals surface area contributed by atoms with Crippen molar-refractivity contribution in [2.45, 2.75) is 26.2 Å². The largest absolute Gasteiger partial charge is 0.426 e. The van der Waals surface area contributed by atoms with E-state index in [1.165, 1.54) is 41.3 Å². The summed E-state index contributed by atoms with van der Waals surface area (Å²) in [6, 6.07) is 7.38. The Hall–Kier alpha value is -5.50. The summed E-state index contributed by atoms with van der Waals surface area (Å²) in [6.07, 6.45) is 9.62. The summed E-state index contributed by atoms with van der Waals surface area (Å²) in [6.45, 7) is 4.57. The molecule has 0 bridgehead atoms. The Balaban J connectivity index is 1.28. The Morgan fingerprint density at radius 3 is 2.63 bits per heavy atom. The van der Waals surface area contributed by atoms with E-state index >= 15 is 8.78 Å². The highest BCUT2D eigenvalue weighted by Gasteiger charge is 2.23. The molecule has 5 aromatic rings. The van der Waals surface area contributed by atoms with Crippen LogP contribution in [0.25, 0.3) is 16.9 Å². The molecular formula is C32H30F2N8O4. The maximum Gasteiger partial charge on any atom is 0.321 e. The highest BCUT2D eigenvalue weighted by molar-refractivity contribution is 5.97. The number of imidazole rings is 1. The van der Waals surface area contributed by atoms with E-state index in [2.05, 4.69) is 35.9 Å². The topological polar surface area (TPSA) is 145 Å². The van der Waals surface area contributed by atoms with Crippen molar-refractivity contribution < 1.29 is 27.8 Å². The zero-order valence-electron chi connectivity index (χ0n) is 24.8. The van der Waals surface area contributed by atoms with Crippen molar-refractivity contribution in [3.05, 3.63) is 84.1 Å². The lowest BCUT2D eigenvalue weighted by Gasteiger charge is -2.23. The van der Waals surface area contributed by atoms with E-state index < -0.39 is 11.6 Å². The molecule has 0 saturated carbocycles. The molecule has 0 aliphatic carbocycles. The van der Waals surface area contributed by atoms with Crippen molar-refractivity contribution >= 4 is 29.5 Å². The Morgan fingerprint density at radius 1 is 1.07 bits per heavy atom. The maximum atomic E-state index is 15.3. The van der Waals surface area contributed by atoms with Crippen LogP contribution in [0.4, 0.5) is 20.3 Å². The van der Waals surface area contributed by atoms with Gasteiger partial charge in [-0.1, -0.05) is 6.92 Å². The Bertz CT molecular complexity index is 1880. The number of carbonyl (C=O) groups excluding carboxylic acids is 2. The van der Waals surface area contributed by atoms with E-state index in [1.807, 2.05) is 6.92 Å². The zero-order chi connectivity index (χ0) is 32.0. The molecule has 0 spiro atoms. The van der Waals surface area contributed by atoms with Crippen LogP contribution in [0.15, 0.2) is 61.3 Å². The summed E-state index contributed by atoms with van der Waals surface area (Å²) in [7, 11) is 0. The number of piperidine rings is 1. The molecule has 1 fully saturated rings. The van der Waals surface area contributed by atoms with Gasteiger partial charge in [-0.15, -0.1) is 0 Å². The quantitative estimate of drug-likeness (QED) is 0.174. The van der Waals surface area contributed by atoms with Gasteiger partial charge < -0.3 is 25.4 Å². The predicted octanol–water partition coefficient (Wildman–Crippen LogP) is 4.83. The van der Waals surface area contributed by atoms with Crippen molar-refractivity contribution in [2.24, 2.45) is 5.92 Å². The predicted molar refractivity (Wildman–Crippen MR) is 164 cm³/mol. The van der Waals surface area contributed by atoms with Gasteiger partial charge in [0.15, 0.2) is 28.8 Å². The highest BCUT2D eigenvalue weighted by atomic mass is 19.2. The van der Waals surface area contributed by atoms with Gasteiger partial charge in [0.05, 0.1) is 17.6 Å². The van der Waals surface area contributed by atoms with Gasteiger partial charge in [-0.3, -0.25) is 14.0 Å². The fraction of sp³-hybridized carbons (Fsp3) is 0.250. The van der Waals surface area contributed by atoms with Gasteiger partial charge in [0.2, 0.25) is 5.82 Å². The third-order valence-electron chi connectivity index (χ3n) is 7.78. The lowest BCUT2D eigenvalue weighted by Crippen LogP contribution is -2.36. The van der Waals surface area contributed by atoms with Crippen molar-refractivity contribution in [3.63, 3.8) is 0 Å². The number of nitrogens with zero attached hydrogens (tertiary/aromatic N) is 5. The third-order valence-corrected chi connectivity index (χ3v) is 7.78. The molecule has 12 nitrogen and oxygen atoms in total. The van der Waals surface area contributed by atoms with Crippen LogP contribution >= 0.6 is 0 Å². The van der Waals surface area contributed by atoms with Crippen LogP contribution in [-0.4, -0.2) is 56.4 Å². The monoisotopic (exact) mass is 628 g/mol. The molecule has 3 N–H and O–H groups in total. The van der Waals surface area contributed by atoms with Crippen molar-refractivity contribution in [2.75, 3.05) is 25.0 Å². The number of ether oxygens (including phenoxy) is 2. The van der Waals surface area contributed by atoms with Gasteiger partial charge in [-0.25, -0.2) is 24.3 Å². The van der Waals surface area contributed by atoms with Crippen LogP contribution in [0.1, 0.15) is 35.7 Å². The normalized spacial score (nSPS) is 13.4. The molecule has 1 saturated heterocycles. The average molecular weight is 629 g/mol. The molecule has 6 rings (SSSR count). The summed E-state index contributed by atoms with van der Waals surface area (Å²) in [5, 5.41) is 9.47. The second-order valence-corrected chi connectivity index (χ2v) is 10.5. The van der Waals surface area contributed by atoms with Gasteiger partial charge in [0.25, 0.3) is 12.4 Å². The highest BCUT2D eigenvalue weighted by Crippen LogP contribution is 2.36. The first kappa shape index (κ1) is 30.5. The minimum Gasteiger partial charge on any atom is -0.426 e. The Morgan fingerprint density at radius 2 is 1.87 bits per heavy atom. The molecular weight excluding hydrogens is 598 g/mol. The van der Waals surface area contributed by atoms with Gasteiger partial charge in [-0.2, -0.15) is 4.39 Å². The Kier molecular flexibility index (Phi) is 9.06. The third kappa shape index (κ3) is 6.19. The van der Waals surface area contributed by atoms with Crippen molar-refractivity contribution in [1.29, 1.82) is 0 Å². The van der Waals surface area contributed by atoms with E-state index in [9.17, 15) is 9.59 Å². The lowest BCUT2D eigenvalue weighted by atomic mass is 9.97. The number of nitrogens with one attached hydrogen (secondary N) is 3. The van der Waals surface area contributed by atoms with E-state index in [-0.39, 0.29) is 46.1 Å². The van der Waals surface area contributed by atoms with E-state index in [0.29, 0.717) is 42.2 Å². The number of fused-ring (bicyclic) bond motifs is 1. The number of benzene rings is 2. The molecule has 4 heterocycles. The van der Waals surface area contributed by atoms with Gasteiger partial charge in [0, 0.05) is 48.0 Å². The molecule has 3 aromatic heterocycles. The zero-order valence-corrected chi connectivity index (χ0v) is 24.8. The van der Waals surface area contributed by atoms with E-state index in [0.717, 1.165) is 25.9 Å². The van der Waals surface area contributed by atoms with Crippen molar-refractivity contribution in [3.8, 4) is 28.8 Å². The summed E-state index contributed by atoms with van der Waals surface area (Å²) in [5.74, 6) is -2.17. The minimum atomic E-state index is -1.21. The smallest absolute Gasteiger partial charge is 0.321 e. The molecule has 1 amide bonds. The number of halogens is 2.